The van der Waals surface area contributed by atoms with E-state index in [4.69, 9.17) is 32.7 Å². The Hall–Kier alpha value is -2.20. The normalized spacial score (nSPS) is 10.6. The molecule has 3 aromatic carbocycles. The van der Waals surface area contributed by atoms with E-state index in [1.54, 1.807) is 13.2 Å². The lowest BCUT2D eigenvalue weighted by Gasteiger charge is -2.14. The Morgan fingerprint density at radius 1 is 0.815 bits per heavy atom. The number of ether oxygens (including phenoxy) is 2. The van der Waals surface area contributed by atoms with Crippen LogP contribution in [0.1, 0.15) is 16.7 Å². The fraction of sp³-hybridized carbons (Fsp3) is 0.182. The Morgan fingerprint density at radius 3 is 2.26 bits per heavy atom. The molecule has 0 saturated heterocycles. The molecule has 0 heterocycles. The van der Waals surface area contributed by atoms with Crippen LogP contribution in [0.3, 0.4) is 0 Å². The minimum absolute atomic E-state index is 0.412. The van der Waals surface area contributed by atoms with E-state index >= 15 is 0 Å². The first-order valence-electron chi connectivity index (χ1n) is 8.64. The smallest absolute Gasteiger partial charge is 0.163 e. The van der Waals surface area contributed by atoms with E-state index in [0.29, 0.717) is 34.7 Å². The van der Waals surface area contributed by atoms with Crippen LogP contribution in [-0.2, 0) is 19.7 Å². The van der Waals surface area contributed by atoms with Gasteiger partial charge < -0.3 is 14.8 Å². The average Bonchev–Trinajstić information content (AvgIpc) is 2.69. The summed E-state index contributed by atoms with van der Waals surface area (Å²) in [6, 6.07) is 21.5. The predicted octanol–water partition coefficient (Wildman–Crippen LogP) is 5.87. The number of rotatable bonds is 8. The standard InChI is InChI=1S/C22H21Cl2NO2/c1-26-21-11-18(14-25-13-16-5-3-2-4-6-16)20(24)12-22(21)27-15-17-7-9-19(23)10-8-17/h2-12,25H,13-15H2,1H3. The van der Waals surface area contributed by atoms with Gasteiger partial charge in [0.2, 0.25) is 0 Å². The second-order valence-electron chi connectivity index (χ2n) is 6.10. The van der Waals surface area contributed by atoms with Crippen molar-refractivity contribution in [3.63, 3.8) is 0 Å². The number of benzene rings is 3. The fourth-order valence-corrected chi connectivity index (χ4v) is 3.01. The molecule has 0 aliphatic rings. The van der Waals surface area contributed by atoms with Gasteiger partial charge in [0.15, 0.2) is 11.5 Å². The van der Waals surface area contributed by atoms with Gasteiger partial charge in [-0.1, -0.05) is 65.7 Å². The van der Waals surface area contributed by atoms with Crippen molar-refractivity contribution < 1.29 is 9.47 Å². The first kappa shape index (κ1) is 19.6. The van der Waals surface area contributed by atoms with Gasteiger partial charge in [0.25, 0.3) is 0 Å². The van der Waals surface area contributed by atoms with Crippen LogP contribution in [0.5, 0.6) is 11.5 Å². The summed E-state index contributed by atoms with van der Waals surface area (Å²) >= 11 is 12.4. The van der Waals surface area contributed by atoms with E-state index in [0.717, 1.165) is 17.7 Å². The molecule has 5 heteroatoms. The summed E-state index contributed by atoms with van der Waals surface area (Å²) in [7, 11) is 1.62. The molecule has 3 aromatic rings. The van der Waals surface area contributed by atoms with Crippen molar-refractivity contribution in [3.05, 3.63) is 93.5 Å². The monoisotopic (exact) mass is 401 g/mol. The highest BCUT2D eigenvalue weighted by molar-refractivity contribution is 6.31. The van der Waals surface area contributed by atoms with Crippen molar-refractivity contribution in [2.75, 3.05) is 7.11 Å². The van der Waals surface area contributed by atoms with Gasteiger partial charge in [0, 0.05) is 29.2 Å². The highest BCUT2D eigenvalue weighted by Crippen LogP contribution is 2.34. The van der Waals surface area contributed by atoms with Crippen molar-refractivity contribution in [2.45, 2.75) is 19.7 Å². The summed E-state index contributed by atoms with van der Waals surface area (Å²) in [4.78, 5) is 0. The molecule has 0 amide bonds. The Labute approximate surface area is 169 Å². The van der Waals surface area contributed by atoms with E-state index in [1.807, 2.05) is 48.5 Å². The van der Waals surface area contributed by atoms with E-state index in [2.05, 4.69) is 17.4 Å². The highest BCUT2D eigenvalue weighted by atomic mass is 35.5. The molecule has 0 aromatic heterocycles. The van der Waals surface area contributed by atoms with Gasteiger partial charge in [-0.05, 0) is 34.9 Å². The van der Waals surface area contributed by atoms with Gasteiger partial charge in [-0.2, -0.15) is 0 Å². The molecule has 0 aliphatic carbocycles. The van der Waals surface area contributed by atoms with Gasteiger partial charge in [0.05, 0.1) is 7.11 Å². The number of halogens is 2. The van der Waals surface area contributed by atoms with Crippen molar-refractivity contribution in [1.82, 2.24) is 5.32 Å². The average molecular weight is 402 g/mol. The first-order chi connectivity index (χ1) is 13.2. The number of nitrogens with one attached hydrogen (secondary N) is 1. The molecule has 0 bridgehead atoms. The van der Waals surface area contributed by atoms with Crippen LogP contribution in [0, 0.1) is 0 Å². The van der Waals surface area contributed by atoms with E-state index in [9.17, 15) is 0 Å². The molecule has 0 saturated carbocycles. The first-order valence-corrected chi connectivity index (χ1v) is 9.39. The van der Waals surface area contributed by atoms with Crippen LogP contribution in [0.15, 0.2) is 66.7 Å². The zero-order valence-electron chi connectivity index (χ0n) is 15.0. The van der Waals surface area contributed by atoms with Crippen LogP contribution in [0.25, 0.3) is 0 Å². The Kier molecular flexibility index (Phi) is 6.99. The van der Waals surface area contributed by atoms with Gasteiger partial charge >= 0.3 is 0 Å². The van der Waals surface area contributed by atoms with Gasteiger partial charge in [-0.3, -0.25) is 0 Å². The van der Waals surface area contributed by atoms with Gasteiger partial charge in [-0.15, -0.1) is 0 Å². The van der Waals surface area contributed by atoms with Crippen LogP contribution in [0.4, 0.5) is 0 Å². The fourth-order valence-electron chi connectivity index (χ4n) is 2.66. The third kappa shape index (κ3) is 5.64. The molecule has 1 N–H and O–H groups in total. The highest BCUT2D eigenvalue weighted by Gasteiger charge is 2.11. The minimum Gasteiger partial charge on any atom is -0.493 e. The summed E-state index contributed by atoms with van der Waals surface area (Å²) in [6.07, 6.45) is 0. The van der Waals surface area contributed by atoms with Gasteiger partial charge in [-0.25, -0.2) is 0 Å². The number of hydrogen-bond donors (Lipinski definition) is 1. The Morgan fingerprint density at radius 2 is 1.56 bits per heavy atom. The summed E-state index contributed by atoms with van der Waals surface area (Å²) in [5.74, 6) is 1.27. The molecule has 0 spiro atoms. The van der Waals surface area contributed by atoms with Gasteiger partial charge in [0.1, 0.15) is 6.61 Å². The molecule has 0 radical (unpaired) electrons. The zero-order valence-corrected chi connectivity index (χ0v) is 16.6. The van der Waals surface area contributed by atoms with Crippen molar-refractivity contribution in [2.24, 2.45) is 0 Å². The van der Waals surface area contributed by atoms with E-state index < -0.39 is 0 Å². The topological polar surface area (TPSA) is 30.5 Å². The van der Waals surface area contributed by atoms with Crippen molar-refractivity contribution >= 4 is 23.2 Å². The quantitative estimate of drug-likeness (QED) is 0.511. The lowest BCUT2D eigenvalue weighted by molar-refractivity contribution is 0.284. The van der Waals surface area contributed by atoms with E-state index in [-0.39, 0.29) is 0 Å². The maximum absolute atomic E-state index is 6.45. The molecular weight excluding hydrogens is 381 g/mol. The summed E-state index contributed by atoms with van der Waals surface area (Å²) in [6.45, 7) is 1.82. The van der Waals surface area contributed by atoms with Crippen LogP contribution < -0.4 is 14.8 Å². The van der Waals surface area contributed by atoms with Crippen molar-refractivity contribution in [3.8, 4) is 11.5 Å². The maximum atomic E-state index is 6.45. The molecule has 3 rings (SSSR count). The number of methoxy groups -OCH3 is 1. The van der Waals surface area contributed by atoms with Crippen molar-refractivity contribution in [1.29, 1.82) is 0 Å². The summed E-state index contributed by atoms with van der Waals surface area (Å²) < 4.78 is 11.4. The zero-order chi connectivity index (χ0) is 19.1. The second-order valence-corrected chi connectivity index (χ2v) is 6.94. The Bertz CT molecular complexity index is 867. The SMILES string of the molecule is COc1cc(CNCc2ccccc2)c(Cl)cc1OCc1ccc(Cl)cc1. The molecule has 3 nitrogen and oxygen atoms in total. The molecule has 27 heavy (non-hydrogen) atoms. The van der Waals surface area contributed by atoms with Crippen LogP contribution in [0.2, 0.25) is 10.0 Å². The molecule has 0 unspecified atom stereocenters. The second kappa shape index (κ2) is 9.65. The molecule has 140 valence electrons. The molecule has 0 atom stereocenters. The lowest BCUT2D eigenvalue weighted by Crippen LogP contribution is -2.13. The van der Waals surface area contributed by atoms with E-state index in [1.165, 1.54) is 5.56 Å². The third-order valence-electron chi connectivity index (χ3n) is 4.13. The number of hydrogen-bond acceptors (Lipinski definition) is 3. The van der Waals surface area contributed by atoms with Crippen LogP contribution in [-0.4, -0.2) is 7.11 Å². The summed E-state index contributed by atoms with van der Waals surface area (Å²) in [5.41, 5.74) is 3.21. The van der Waals surface area contributed by atoms with Crippen LogP contribution >= 0.6 is 23.2 Å². The maximum Gasteiger partial charge on any atom is 0.163 e. The molecule has 0 fully saturated rings. The molecule has 0 aliphatic heterocycles. The third-order valence-corrected chi connectivity index (χ3v) is 4.73. The largest absolute Gasteiger partial charge is 0.493 e. The summed E-state index contributed by atoms with van der Waals surface area (Å²) in [5, 5.41) is 4.74. The Balaban J connectivity index is 1.64. The molecular formula is C22H21Cl2NO2. The lowest BCUT2D eigenvalue weighted by atomic mass is 10.1. The minimum atomic E-state index is 0.412. The predicted molar refractivity (Wildman–Crippen MR) is 111 cm³/mol.